The van der Waals surface area contributed by atoms with E-state index in [1.54, 1.807) is 0 Å². The second-order valence-electron chi connectivity index (χ2n) is 6.54. The summed E-state index contributed by atoms with van der Waals surface area (Å²) >= 11 is 0. The van der Waals surface area contributed by atoms with Gasteiger partial charge in [-0.15, -0.1) is 0 Å². The maximum absolute atomic E-state index is 12.0. The molecule has 1 aliphatic heterocycles. The van der Waals surface area contributed by atoms with Gasteiger partial charge in [0.15, 0.2) is 0 Å². The van der Waals surface area contributed by atoms with Crippen LogP contribution in [-0.4, -0.2) is 29.7 Å². The minimum atomic E-state index is -0.373. The first-order valence-electron chi connectivity index (χ1n) is 6.93. The topological polar surface area (TPSA) is 29.5 Å². The highest BCUT2D eigenvalue weighted by Crippen LogP contribution is 2.35. The van der Waals surface area contributed by atoms with E-state index in [4.69, 9.17) is 4.74 Å². The van der Waals surface area contributed by atoms with E-state index >= 15 is 0 Å². The molecule has 3 heteroatoms. The average Bonchev–Trinajstić information content (AvgIpc) is 2.48. The Morgan fingerprint density at radius 1 is 1.06 bits per heavy atom. The number of ether oxygens (including phenoxy) is 1. The van der Waals surface area contributed by atoms with E-state index in [0.29, 0.717) is 0 Å². The summed E-state index contributed by atoms with van der Waals surface area (Å²) in [4.78, 5) is 13.9. The fraction of sp³-hybridized carbons (Fsp3) is 0.929. The number of likely N-dealkylation sites (tertiary alicyclic amines) is 1. The van der Waals surface area contributed by atoms with Crippen LogP contribution in [0.4, 0.5) is 4.79 Å². The molecule has 2 rings (SSSR count). The van der Waals surface area contributed by atoms with Gasteiger partial charge in [-0.05, 0) is 45.4 Å². The minimum Gasteiger partial charge on any atom is -0.444 e. The lowest BCUT2D eigenvalue weighted by Crippen LogP contribution is -2.35. The Balaban J connectivity index is 1.90. The summed E-state index contributed by atoms with van der Waals surface area (Å²) < 4.78 is 5.45. The van der Waals surface area contributed by atoms with Gasteiger partial charge in [-0.25, -0.2) is 4.79 Å². The van der Waals surface area contributed by atoms with Gasteiger partial charge in [0, 0.05) is 13.1 Å². The predicted octanol–water partition coefficient (Wildman–Crippen LogP) is 3.43. The predicted molar refractivity (Wildman–Crippen MR) is 67.9 cm³/mol. The second kappa shape index (κ2) is 4.87. The summed E-state index contributed by atoms with van der Waals surface area (Å²) in [5.74, 6) is 1.45. The zero-order chi connectivity index (χ0) is 12.5. The summed E-state index contributed by atoms with van der Waals surface area (Å²) in [7, 11) is 0. The molecule has 0 aromatic carbocycles. The van der Waals surface area contributed by atoms with Crippen molar-refractivity contribution in [1.82, 2.24) is 4.90 Å². The van der Waals surface area contributed by atoms with Crippen molar-refractivity contribution >= 4 is 6.09 Å². The molecule has 0 N–H and O–H groups in total. The number of carbonyl (C=O) groups excluding carboxylic acids is 1. The quantitative estimate of drug-likeness (QED) is 0.648. The van der Waals surface area contributed by atoms with Crippen LogP contribution < -0.4 is 0 Å². The molecule has 1 heterocycles. The second-order valence-corrected chi connectivity index (χ2v) is 6.54. The zero-order valence-corrected chi connectivity index (χ0v) is 11.4. The third-order valence-electron chi connectivity index (χ3n) is 3.88. The molecule has 0 aromatic heterocycles. The average molecular weight is 239 g/mol. The Morgan fingerprint density at radius 2 is 1.59 bits per heavy atom. The monoisotopic (exact) mass is 239 g/mol. The van der Waals surface area contributed by atoms with Crippen molar-refractivity contribution < 1.29 is 9.53 Å². The standard InChI is InChI=1S/C14H25NO2/c1-14(2,3)17-13(16)15-9-11-7-5-4-6-8-12(11)10-15/h11-12H,4-10H2,1-3H3/t11-,12+. The van der Waals surface area contributed by atoms with Gasteiger partial charge in [-0.1, -0.05) is 19.3 Å². The minimum absolute atomic E-state index is 0.120. The van der Waals surface area contributed by atoms with E-state index in [0.717, 1.165) is 24.9 Å². The SMILES string of the molecule is CC(C)(C)OC(=O)N1C[C@H]2CCCCC[C@H]2C1. The van der Waals surface area contributed by atoms with Crippen molar-refractivity contribution in [1.29, 1.82) is 0 Å². The van der Waals surface area contributed by atoms with Crippen LogP contribution in [0.3, 0.4) is 0 Å². The number of nitrogens with zero attached hydrogens (tertiary/aromatic N) is 1. The molecule has 98 valence electrons. The normalized spacial score (nSPS) is 29.7. The van der Waals surface area contributed by atoms with Crippen molar-refractivity contribution in [2.45, 2.75) is 58.5 Å². The van der Waals surface area contributed by atoms with Crippen molar-refractivity contribution in [3.8, 4) is 0 Å². The maximum atomic E-state index is 12.0. The van der Waals surface area contributed by atoms with Crippen LogP contribution in [-0.2, 0) is 4.74 Å². The van der Waals surface area contributed by atoms with Crippen LogP contribution in [0.15, 0.2) is 0 Å². The molecule has 0 radical (unpaired) electrons. The number of amides is 1. The van der Waals surface area contributed by atoms with Gasteiger partial charge in [0.05, 0.1) is 0 Å². The molecule has 2 atom stereocenters. The summed E-state index contributed by atoms with van der Waals surface area (Å²) in [6.07, 6.45) is 6.52. The van der Waals surface area contributed by atoms with Crippen molar-refractivity contribution in [3.63, 3.8) is 0 Å². The molecule has 1 saturated carbocycles. The highest BCUT2D eigenvalue weighted by atomic mass is 16.6. The number of carbonyl (C=O) groups is 1. The highest BCUT2D eigenvalue weighted by molar-refractivity contribution is 5.68. The number of hydrogen-bond acceptors (Lipinski definition) is 2. The number of hydrogen-bond donors (Lipinski definition) is 0. The van der Waals surface area contributed by atoms with Crippen LogP contribution >= 0.6 is 0 Å². The van der Waals surface area contributed by atoms with E-state index in [1.165, 1.54) is 32.1 Å². The van der Waals surface area contributed by atoms with Gasteiger partial charge in [0.2, 0.25) is 0 Å². The van der Waals surface area contributed by atoms with E-state index in [9.17, 15) is 4.79 Å². The van der Waals surface area contributed by atoms with Crippen LogP contribution in [0.1, 0.15) is 52.9 Å². The first-order valence-corrected chi connectivity index (χ1v) is 6.93. The van der Waals surface area contributed by atoms with E-state index in [1.807, 2.05) is 25.7 Å². The summed E-state index contributed by atoms with van der Waals surface area (Å²) in [6, 6.07) is 0. The highest BCUT2D eigenvalue weighted by Gasteiger charge is 2.37. The molecule has 0 bridgehead atoms. The lowest BCUT2D eigenvalue weighted by molar-refractivity contribution is 0.0282. The van der Waals surface area contributed by atoms with Gasteiger partial charge >= 0.3 is 6.09 Å². The van der Waals surface area contributed by atoms with Gasteiger partial charge in [0.1, 0.15) is 5.60 Å². The number of rotatable bonds is 0. The van der Waals surface area contributed by atoms with Gasteiger partial charge < -0.3 is 9.64 Å². The molecular formula is C14H25NO2. The summed E-state index contributed by atoms with van der Waals surface area (Å²) in [5, 5.41) is 0. The third kappa shape index (κ3) is 3.36. The molecule has 3 nitrogen and oxygen atoms in total. The maximum Gasteiger partial charge on any atom is 0.410 e. The van der Waals surface area contributed by atoms with E-state index in [2.05, 4.69) is 0 Å². The first-order chi connectivity index (χ1) is 7.96. The lowest BCUT2D eigenvalue weighted by atomic mass is 9.92. The van der Waals surface area contributed by atoms with Crippen LogP contribution in [0.25, 0.3) is 0 Å². The summed E-state index contributed by atoms with van der Waals surface area (Å²) in [5.41, 5.74) is -0.373. The van der Waals surface area contributed by atoms with Crippen molar-refractivity contribution in [3.05, 3.63) is 0 Å². The molecular weight excluding hydrogens is 214 g/mol. The van der Waals surface area contributed by atoms with E-state index < -0.39 is 0 Å². The first kappa shape index (κ1) is 12.7. The molecule has 0 spiro atoms. The molecule has 1 saturated heterocycles. The summed E-state index contributed by atoms with van der Waals surface area (Å²) in [6.45, 7) is 7.62. The lowest BCUT2D eigenvalue weighted by Gasteiger charge is -2.24. The van der Waals surface area contributed by atoms with Crippen LogP contribution in [0.2, 0.25) is 0 Å². The smallest absolute Gasteiger partial charge is 0.410 e. The van der Waals surface area contributed by atoms with Gasteiger partial charge in [0.25, 0.3) is 0 Å². The number of fused-ring (bicyclic) bond motifs is 1. The molecule has 0 aromatic rings. The van der Waals surface area contributed by atoms with Crippen LogP contribution in [0, 0.1) is 11.8 Å². The Kier molecular flexibility index (Phi) is 3.64. The molecule has 1 amide bonds. The Morgan fingerprint density at radius 3 is 2.06 bits per heavy atom. The largest absolute Gasteiger partial charge is 0.444 e. The molecule has 2 aliphatic rings. The Hall–Kier alpha value is -0.730. The third-order valence-corrected chi connectivity index (χ3v) is 3.88. The van der Waals surface area contributed by atoms with Crippen molar-refractivity contribution in [2.24, 2.45) is 11.8 Å². The van der Waals surface area contributed by atoms with Crippen LogP contribution in [0.5, 0.6) is 0 Å². The fourth-order valence-corrected chi connectivity index (χ4v) is 3.06. The Labute approximate surface area is 105 Å². The molecule has 17 heavy (non-hydrogen) atoms. The molecule has 1 aliphatic carbocycles. The van der Waals surface area contributed by atoms with Gasteiger partial charge in [-0.2, -0.15) is 0 Å². The fourth-order valence-electron chi connectivity index (χ4n) is 3.06. The Bertz CT molecular complexity index is 268. The molecule has 0 unspecified atom stereocenters. The molecule has 2 fully saturated rings. The van der Waals surface area contributed by atoms with Gasteiger partial charge in [-0.3, -0.25) is 0 Å². The zero-order valence-electron chi connectivity index (χ0n) is 11.4. The van der Waals surface area contributed by atoms with Crippen molar-refractivity contribution in [2.75, 3.05) is 13.1 Å². The van der Waals surface area contributed by atoms with E-state index in [-0.39, 0.29) is 11.7 Å².